The third-order valence-electron chi connectivity index (χ3n) is 5.89. The predicted octanol–water partition coefficient (Wildman–Crippen LogP) is 3.83. The number of benzene rings is 2. The number of hydrogen-bond acceptors (Lipinski definition) is 3. The molecule has 0 radical (unpaired) electrons. The quantitative estimate of drug-likeness (QED) is 0.826. The first kappa shape index (κ1) is 19.9. The van der Waals surface area contributed by atoms with Crippen molar-refractivity contribution < 1.29 is 19.4 Å². The van der Waals surface area contributed by atoms with Crippen molar-refractivity contribution in [1.82, 2.24) is 4.90 Å². The third kappa shape index (κ3) is 3.75. The van der Waals surface area contributed by atoms with Crippen LogP contribution in [0.5, 0.6) is 5.75 Å². The molecule has 0 aliphatic carbocycles. The fourth-order valence-electron chi connectivity index (χ4n) is 4.10. The maximum absolute atomic E-state index is 13.1. The molecule has 0 saturated carbocycles. The Bertz CT molecular complexity index is 808. The van der Waals surface area contributed by atoms with Gasteiger partial charge in [0.05, 0.1) is 18.4 Å². The molecule has 0 aromatic heterocycles. The zero-order valence-corrected chi connectivity index (χ0v) is 16.4. The highest BCUT2D eigenvalue weighted by Gasteiger charge is 2.44. The summed E-state index contributed by atoms with van der Waals surface area (Å²) in [6.45, 7) is 2.90. The molecule has 1 saturated heterocycles. The molecule has 2 aromatic carbocycles. The minimum absolute atomic E-state index is 0.0692. The Morgan fingerprint density at radius 2 is 1.68 bits per heavy atom. The van der Waals surface area contributed by atoms with E-state index < -0.39 is 11.4 Å². The number of hydrogen-bond donors (Lipinski definition) is 1. The maximum Gasteiger partial charge on any atom is 0.314 e. The molecule has 1 aliphatic rings. The Kier molecular flexibility index (Phi) is 6.02. The molecule has 1 N–H and O–H groups in total. The van der Waals surface area contributed by atoms with Gasteiger partial charge in [-0.3, -0.25) is 9.59 Å². The van der Waals surface area contributed by atoms with E-state index in [2.05, 4.69) is 0 Å². The highest BCUT2D eigenvalue weighted by atomic mass is 16.5. The number of ether oxygens (including phenoxy) is 1. The van der Waals surface area contributed by atoms with E-state index >= 15 is 0 Å². The molecule has 2 aromatic rings. The number of carbonyl (C=O) groups excluding carboxylic acids is 1. The lowest BCUT2D eigenvalue weighted by Crippen LogP contribution is -2.50. The first-order valence-electron chi connectivity index (χ1n) is 9.73. The molecule has 0 spiro atoms. The molecule has 1 heterocycles. The van der Waals surface area contributed by atoms with Gasteiger partial charge in [-0.1, -0.05) is 49.4 Å². The number of piperidine rings is 1. The van der Waals surface area contributed by atoms with Crippen LogP contribution < -0.4 is 4.74 Å². The molecule has 1 atom stereocenters. The van der Waals surface area contributed by atoms with Gasteiger partial charge >= 0.3 is 5.97 Å². The van der Waals surface area contributed by atoms with Crippen LogP contribution in [0.4, 0.5) is 0 Å². The molecule has 1 aliphatic heterocycles. The van der Waals surface area contributed by atoms with Gasteiger partial charge in [0.25, 0.3) is 0 Å². The first-order valence-corrected chi connectivity index (χ1v) is 9.73. The Hall–Kier alpha value is -2.82. The summed E-state index contributed by atoms with van der Waals surface area (Å²) in [6.07, 6.45) is 1.55. The standard InChI is InChI=1S/C23H27NO4/c1-3-20(17-9-11-19(28-2)12-10-17)21(25)24-15-13-23(14-16-24,22(26)27)18-7-5-4-6-8-18/h4-12,20H,3,13-16H2,1-2H3,(H,26,27). The van der Waals surface area contributed by atoms with E-state index in [0.717, 1.165) is 16.9 Å². The summed E-state index contributed by atoms with van der Waals surface area (Å²) in [7, 11) is 1.62. The van der Waals surface area contributed by atoms with Gasteiger partial charge in [0.1, 0.15) is 5.75 Å². The van der Waals surface area contributed by atoms with E-state index in [4.69, 9.17) is 4.74 Å². The minimum atomic E-state index is -0.917. The van der Waals surface area contributed by atoms with Crippen LogP contribution in [0.1, 0.15) is 43.2 Å². The van der Waals surface area contributed by atoms with Gasteiger partial charge in [-0.25, -0.2) is 0 Å². The third-order valence-corrected chi connectivity index (χ3v) is 5.89. The molecule has 1 unspecified atom stereocenters. The van der Waals surface area contributed by atoms with Crippen LogP contribution in [-0.4, -0.2) is 42.1 Å². The lowest BCUT2D eigenvalue weighted by molar-refractivity contribution is -0.148. The largest absolute Gasteiger partial charge is 0.497 e. The van der Waals surface area contributed by atoms with E-state index in [1.165, 1.54) is 0 Å². The molecule has 148 valence electrons. The predicted molar refractivity (Wildman–Crippen MR) is 108 cm³/mol. The number of carboxylic acids is 1. The molecule has 0 bridgehead atoms. The number of amides is 1. The fourth-order valence-corrected chi connectivity index (χ4v) is 4.10. The van der Waals surface area contributed by atoms with E-state index in [1.807, 2.05) is 66.4 Å². The average Bonchev–Trinajstić information content (AvgIpc) is 2.75. The Morgan fingerprint density at radius 1 is 1.07 bits per heavy atom. The van der Waals surface area contributed by atoms with E-state index in [9.17, 15) is 14.7 Å². The number of nitrogens with zero attached hydrogens (tertiary/aromatic N) is 1. The Labute approximate surface area is 165 Å². The Balaban J connectivity index is 1.75. The molecular weight excluding hydrogens is 354 g/mol. The summed E-state index contributed by atoms with van der Waals surface area (Å²) in [6, 6.07) is 17.0. The highest BCUT2D eigenvalue weighted by molar-refractivity contribution is 5.85. The van der Waals surface area contributed by atoms with Crippen LogP contribution in [0.25, 0.3) is 0 Å². The van der Waals surface area contributed by atoms with E-state index in [-0.39, 0.29) is 11.8 Å². The molecule has 5 nitrogen and oxygen atoms in total. The second-order valence-corrected chi connectivity index (χ2v) is 7.31. The fraction of sp³-hybridized carbons (Fsp3) is 0.391. The van der Waals surface area contributed by atoms with Crippen molar-refractivity contribution in [3.63, 3.8) is 0 Å². The van der Waals surface area contributed by atoms with Gasteiger partial charge in [0, 0.05) is 13.1 Å². The SMILES string of the molecule is CCC(C(=O)N1CCC(C(=O)O)(c2ccccc2)CC1)c1ccc(OC)cc1. The second kappa shape index (κ2) is 8.46. The number of aliphatic carboxylic acids is 1. The molecule has 5 heteroatoms. The first-order chi connectivity index (χ1) is 13.5. The van der Waals surface area contributed by atoms with Crippen LogP contribution in [0.15, 0.2) is 54.6 Å². The van der Waals surface area contributed by atoms with Crippen molar-refractivity contribution >= 4 is 11.9 Å². The Morgan fingerprint density at radius 3 is 2.18 bits per heavy atom. The lowest BCUT2D eigenvalue weighted by atomic mass is 9.72. The number of rotatable bonds is 6. The van der Waals surface area contributed by atoms with Gasteiger partial charge < -0.3 is 14.7 Å². The van der Waals surface area contributed by atoms with Crippen molar-refractivity contribution in [2.45, 2.75) is 37.5 Å². The summed E-state index contributed by atoms with van der Waals surface area (Å²) >= 11 is 0. The van der Waals surface area contributed by atoms with Crippen molar-refractivity contribution in [2.75, 3.05) is 20.2 Å². The highest BCUT2D eigenvalue weighted by Crippen LogP contribution is 2.37. The van der Waals surface area contributed by atoms with Crippen LogP contribution in [-0.2, 0) is 15.0 Å². The number of methoxy groups -OCH3 is 1. The molecule has 28 heavy (non-hydrogen) atoms. The monoisotopic (exact) mass is 381 g/mol. The normalized spacial score (nSPS) is 17.0. The molecular formula is C23H27NO4. The molecule has 3 rings (SSSR count). The lowest BCUT2D eigenvalue weighted by Gasteiger charge is -2.40. The maximum atomic E-state index is 13.1. The summed E-state index contributed by atoms with van der Waals surface area (Å²) in [4.78, 5) is 27.1. The topological polar surface area (TPSA) is 66.8 Å². The zero-order chi connectivity index (χ0) is 20.1. The van der Waals surface area contributed by atoms with E-state index in [1.54, 1.807) is 7.11 Å². The summed E-state index contributed by atoms with van der Waals surface area (Å²) < 4.78 is 5.20. The van der Waals surface area contributed by atoms with Crippen LogP contribution in [0, 0.1) is 0 Å². The number of carbonyl (C=O) groups is 2. The summed E-state index contributed by atoms with van der Waals surface area (Å²) in [5, 5.41) is 9.93. The van der Waals surface area contributed by atoms with Gasteiger partial charge in [-0.15, -0.1) is 0 Å². The molecule has 1 amide bonds. The van der Waals surface area contributed by atoms with Gasteiger partial charge in [0.15, 0.2) is 0 Å². The number of carboxylic acid groups (broad SMARTS) is 1. The zero-order valence-electron chi connectivity index (χ0n) is 16.4. The van der Waals surface area contributed by atoms with Gasteiger partial charge in [-0.05, 0) is 42.5 Å². The minimum Gasteiger partial charge on any atom is -0.497 e. The van der Waals surface area contributed by atoms with Crippen LogP contribution in [0.2, 0.25) is 0 Å². The summed E-state index contributed by atoms with van der Waals surface area (Å²) in [5.41, 5.74) is 0.864. The van der Waals surface area contributed by atoms with Gasteiger partial charge in [-0.2, -0.15) is 0 Å². The van der Waals surface area contributed by atoms with Crippen molar-refractivity contribution in [3.8, 4) is 5.75 Å². The van der Waals surface area contributed by atoms with Crippen molar-refractivity contribution in [3.05, 3.63) is 65.7 Å². The molecule has 1 fully saturated rings. The average molecular weight is 381 g/mol. The van der Waals surface area contributed by atoms with E-state index in [0.29, 0.717) is 32.4 Å². The van der Waals surface area contributed by atoms with Crippen molar-refractivity contribution in [2.24, 2.45) is 0 Å². The van der Waals surface area contributed by atoms with Crippen molar-refractivity contribution in [1.29, 1.82) is 0 Å². The summed E-state index contributed by atoms with van der Waals surface area (Å²) in [5.74, 6) is -0.203. The smallest absolute Gasteiger partial charge is 0.314 e. The number of likely N-dealkylation sites (tertiary alicyclic amines) is 1. The second-order valence-electron chi connectivity index (χ2n) is 7.31. The van der Waals surface area contributed by atoms with Gasteiger partial charge in [0.2, 0.25) is 5.91 Å². The van der Waals surface area contributed by atoms with Crippen LogP contribution in [0.3, 0.4) is 0 Å². The van der Waals surface area contributed by atoms with Crippen LogP contribution >= 0.6 is 0 Å².